The summed E-state index contributed by atoms with van der Waals surface area (Å²) in [4.78, 5) is 0. The third-order valence-corrected chi connectivity index (χ3v) is 2.57. The fourth-order valence-corrected chi connectivity index (χ4v) is 1.28. The second-order valence-corrected chi connectivity index (χ2v) is 4.08. The van der Waals surface area contributed by atoms with Crippen LogP contribution in [0.25, 0.3) is 0 Å². The Morgan fingerprint density at radius 3 is 2.36 bits per heavy atom. The van der Waals surface area contributed by atoms with Crippen LogP contribution in [0.2, 0.25) is 0 Å². The molecule has 1 rings (SSSR count). The second kappa shape index (κ2) is 4.00. The summed E-state index contributed by atoms with van der Waals surface area (Å²) in [5.74, 6) is 0.236. The van der Waals surface area contributed by atoms with Crippen LogP contribution in [0.4, 0.5) is 5.69 Å². The summed E-state index contributed by atoms with van der Waals surface area (Å²) in [6.45, 7) is 8.28. The zero-order valence-electron chi connectivity index (χ0n) is 9.28. The van der Waals surface area contributed by atoms with Gasteiger partial charge in [-0.15, -0.1) is 0 Å². The van der Waals surface area contributed by atoms with E-state index in [2.05, 4.69) is 5.10 Å². The van der Waals surface area contributed by atoms with Gasteiger partial charge in [0.05, 0.1) is 29.7 Å². The van der Waals surface area contributed by atoms with Crippen molar-refractivity contribution in [1.82, 2.24) is 9.78 Å². The second-order valence-electron chi connectivity index (χ2n) is 4.08. The van der Waals surface area contributed by atoms with Gasteiger partial charge in [0.25, 0.3) is 0 Å². The zero-order valence-corrected chi connectivity index (χ0v) is 9.28. The molecule has 0 fully saturated rings. The topological polar surface area (TPSA) is 64.1 Å². The van der Waals surface area contributed by atoms with Gasteiger partial charge in [0.2, 0.25) is 0 Å². The van der Waals surface area contributed by atoms with E-state index in [1.165, 1.54) is 0 Å². The SMILES string of the molecule is Cc1nn(CC(O)C(C)C)c(C)c1N. The molecule has 80 valence electrons. The molecule has 4 heteroatoms. The van der Waals surface area contributed by atoms with Gasteiger partial charge in [0, 0.05) is 0 Å². The smallest absolute Gasteiger partial charge is 0.0825 e. The first-order valence-corrected chi connectivity index (χ1v) is 4.91. The normalized spacial score (nSPS) is 13.6. The number of anilines is 1. The standard InChI is InChI=1S/C10H19N3O/c1-6(2)9(14)5-13-8(4)10(11)7(3)12-13/h6,9,14H,5,11H2,1-4H3. The summed E-state index contributed by atoms with van der Waals surface area (Å²) in [6.07, 6.45) is -0.368. The molecule has 14 heavy (non-hydrogen) atoms. The first-order chi connectivity index (χ1) is 6.43. The molecule has 0 bridgehead atoms. The van der Waals surface area contributed by atoms with E-state index in [0.717, 1.165) is 17.1 Å². The van der Waals surface area contributed by atoms with Crippen molar-refractivity contribution in [3.05, 3.63) is 11.4 Å². The minimum Gasteiger partial charge on any atom is -0.396 e. The zero-order chi connectivity index (χ0) is 10.9. The molecular formula is C10H19N3O. The molecule has 0 aromatic carbocycles. The van der Waals surface area contributed by atoms with Gasteiger partial charge in [-0.3, -0.25) is 4.68 Å². The van der Waals surface area contributed by atoms with E-state index in [-0.39, 0.29) is 12.0 Å². The van der Waals surface area contributed by atoms with E-state index in [9.17, 15) is 5.11 Å². The number of aliphatic hydroxyl groups is 1. The largest absolute Gasteiger partial charge is 0.396 e. The number of hydrogen-bond acceptors (Lipinski definition) is 3. The van der Waals surface area contributed by atoms with Crippen LogP contribution in [0.3, 0.4) is 0 Å². The molecule has 0 saturated carbocycles. The monoisotopic (exact) mass is 197 g/mol. The van der Waals surface area contributed by atoms with Crippen molar-refractivity contribution in [3.8, 4) is 0 Å². The molecule has 4 nitrogen and oxygen atoms in total. The Kier molecular flexibility index (Phi) is 3.16. The van der Waals surface area contributed by atoms with E-state index in [1.54, 1.807) is 4.68 Å². The third-order valence-electron chi connectivity index (χ3n) is 2.57. The van der Waals surface area contributed by atoms with Crippen LogP contribution in [-0.2, 0) is 6.54 Å². The van der Waals surface area contributed by atoms with Crippen molar-refractivity contribution < 1.29 is 5.11 Å². The number of aryl methyl sites for hydroxylation is 1. The molecule has 0 aliphatic heterocycles. The Hall–Kier alpha value is -1.03. The number of aliphatic hydroxyl groups excluding tert-OH is 1. The van der Waals surface area contributed by atoms with Gasteiger partial charge in [-0.25, -0.2) is 0 Å². The summed E-state index contributed by atoms with van der Waals surface area (Å²) >= 11 is 0. The summed E-state index contributed by atoms with van der Waals surface area (Å²) in [5.41, 5.74) is 8.28. The highest BCUT2D eigenvalue weighted by Crippen LogP contribution is 2.16. The van der Waals surface area contributed by atoms with Crippen molar-refractivity contribution >= 4 is 5.69 Å². The maximum atomic E-state index is 9.70. The number of nitrogens with two attached hydrogens (primary N) is 1. The van der Waals surface area contributed by atoms with Crippen LogP contribution in [-0.4, -0.2) is 21.0 Å². The van der Waals surface area contributed by atoms with Crippen molar-refractivity contribution in [3.63, 3.8) is 0 Å². The number of nitrogens with zero attached hydrogens (tertiary/aromatic N) is 2. The lowest BCUT2D eigenvalue weighted by atomic mass is 10.1. The highest BCUT2D eigenvalue weighted by atomic mass is 16.3. The molecule has 1 atom stereocenters. The van der Waals surface area contributed by atoms with Gasteiger partial charge in [-0.05, 0) is 19.8 Å². The molecule has 1 aromatic heterocycles. The summed E-state index contributed by atoms with van der Waals surface area (Å²) in [6, 6.07) is 0. The molecule has 0 aliphatic rings. The fourth-order valence-electron chi connectivity index (χ4n) is 1.28. The minimum absolute atomic E-state index is 0.236. The van der Waals surface area contributed by atoms with Crippen molar-refractivity contribution in [1.29, 1.82) is 0 Å². The predicted octanol–water partition coefficient (Wildman–Crippen LogP) is 1.10. The van der Waals surface area contributed by atoms with Gasteiger partial charge >= 0.3 is 0 Å². The first-order valence-electron chi connectivity index (χ1n) is 4.91. The lowest BCUT2D eigenvalue weighted by Crippen LogP contribution is -2.23. The average molecular weight is 197 g/mol. The van der Waals surface area contributed by atoms with Crippen LogP contribution < -0.4 is 5.73 Å². The molecule has 1 aromatic rings. The molecule has 0 aliphatic carbocycles. The van der Waals surface area contributed by atoms with Gasteiger partial charge in [0.1, 0.15) is 0 Å². The number of aromatic nitrogens is 2. The maximum Gasteiger partial charge on any atom is 0.0825 e. The number of rotatable bonds is 3. The van der Waals surface area contributed by atoms with E-state index >= 15 is 0 Å². The van der Waals surface area contributed by atoms with Crippen LogP contribution in [0.15, 0.2) is 0 Å². The summed E-state index contributed by atoms with van der Waals surface area (Å²) in [7, 11) is 0. The molecule has 1 heterocycles. The van der Waals surface area contributed by atoms with E-state index in [1.807, 2.05) is 27.7 Å². The Morgan fingerprint density at radius 2 is 2.00 bits per heavy atom. The van der Waals surface area contributed by atoms with E-state index in [4.69, 9.17) is 5.73 Å². The molecular weight excluding hydrogens is 178 g/mol. The van der Waals surface area contributed by atoms with Gasteiger partial charge in [0.15, 0.2) is 0 Å². The van der Waals surface area contributed by atoms with E-state index < -0.39 is 0 Å². The van der Waals surface area contributed by atoms with Gasteiger partial charge in [-0.1, -0.05) is 13.8 Å². The molecule has 0 radical (unpaired) electrons. The average Bonchev–Trinajstić information content (AvgIpc) is 2.33. The Morgan fingerprint density at radius 1 is 1.43 bits per heavy atom. The molecule has 0 amide bonds. The molecule has 1 unspecified atom stereocenters. The highest BCUT2D eigenvalue weighted by molar-refractivity contribution is 5.46. The van der Waals surface area contributed by atoms with Crippen molar-refractivity contribution in [2.24, 2.45) is 5.92 Å². The van der Waals surface area contributed by atoms with Gasteiger partial charge in [-0.2, -0.15) is 5.10 Å². The van der Waals surface area contributed by atoms with Crippen LogP contribution in [0.1, 0.15) is 25.2 Å². The first kappa shape index (κ1) is 11.0. The molecule has 3 N–H and O–H groups in total. The minimum atomic E-state index is -0.368. The molecule has 0 spiro atoms. The fraction of sp³-hybridized carbons (Fsp3) is 0.700. The lowest BCUT2D eigenvalue weighted by molar-refractivity contribution is 0.102. The van der Waals surface area contributed by atoms with Crippen molar-refractivity contribution in [2.45, 2.75) is 40.3 Å². The summed E-state index contributed by atoms with van der Waals surface area (Å²) < 4.78 is 1.77. The van der Waals surface area contributed by atoms with E-state index in [0.29, 0.717) is 6.54 Å². The predicted molar refractivity (Wildman–Crippen MR) is 57.0 cm³/mol. The van der Waals surface area contributed by atoms with Crippen LogP contribution in [0.5, 0.6) is 0 Å². The third kappa shape index (κ3) is 2.07. The van der Waals surface area contributed by atoms with Crippen LogP contribution >= 0.6 is 0 Å². The Bertz CT molecular complexity index is 317. The molecule has 0 saturated heterocycles. The van der Waals surface area contributed by atoms with Crippen molar-refractivity contribution in [2.75, 3.05) is 5.73 Å². The number of nitrogen functional groups attached to an aromatic ring is 1. The Labute approximate surface area is 84.7 Å². The quantitative estimate of drug-likeness (QED) is 0.762. The maximum absolute atomic E-state index is 9.70. The van der Waals surface area contributed by atoms with Gasteiger partial charge < -0.3 is 10.8 Å². The highest BCUT2D eigenvalue weighted by Gasteiger charge is 2.14. The summed E-state index contributed by atoms with van der Waals surface area (Å²) in [5, 5.41) is 14.0. The lowest BCUT2D eigenvalue weighted by Gasteiger charge is -2.15. The Balaban J connectivity index is 2.82. The van der Waals surface area contributed by atoms with Crippen LogP contribution in [0, 0.1) is 19.8 Å². The number of hydrogen-bond donors (Lipinski definition) is 2.